The normalized spacial score (nSPS) is 13.1. The monoisotopic (exact) mass is 981 g/mol. The predicted molar refractivity (Wildman–Crippen MR) is 306 cm³/mol. The van der Waals surface area contributed by atoms with Gasteiger partial charge in [-0.25, -0.2) is 0 Å². The Morgan fingerprint density at radius 3 is 0.887 bits per heavy atom. The van der Waals surface area contributed by atoms with Crippen molar-refractivity contribution in [2.45, 2.75) is 245 Å². The van der Waals surface area contributed by atoms with Gasteiger partial charge in [0.25, 0.3) is 0 Å². The van der Waals surface area contributed by atoms with Crippen LogP contribution in [0.3, 0.4) is 0 Å². The highest BCUT2D eigenvalue weighted by Crippen LogP contribution is 2.14. The van der Waals surface area contributed by atoms with Crippen molar-refractivity contribution in [3.05, 3.63) is 134 Å². The van der Waals surface area contributed by atoms with Crippen LogP contribution in [-0.2, 0) is 28.6 Å². The van der Waals surface area contributed by atoms with Crippen molar-refractivity contribution in [3.63, 3.8) is 0 Å². The number of allylic oxidation sites excluding steroid dienone is 22. The number of ether oxygens (including phenoxy) is 3. The molecule has 0 aliphatic rings. The Hall–Kier alpha value is -4.45. The van der Waals surface area contributed by atoms with Crippen LogP contribution in [0.4, 0.5) is 0 Å². The smallest absolute Gasteiger partial charge is 0.306 e. The van der Waals surface area contributed by atoms with Crippen LogP contribution in [-0.4, -0.2) is 37.2 Å². The molecule has 0 aromatic rings. The van der Waals surface area contributed by atoms with E-state index in [2.05, 4.69) is 154 Å². The summed E-state index contributed by atoms with van der Waals surface area (Å²) in [6.07, 6.45) is 81.9. The van der Waals surface area contributed by atoms with Crippen molar-refractivity contribution >= 4 is 17.9 Å². The molecule has 0 aromatic heterocycles. The molecule has 1 unspecified atom stereocenters. The fraction of sp³-hybridized carbons (Fsp3) is 0.615. The van der Waals surface area contributed by atoms with E-state index in [0.717, 1.165) is 128 Å². The molecule has 0 fully saturated rings. The van der Waals surface area contributed by atoms with Crippen LogP contribution >= 0.6 is 0 Å². The van der Waals surface area contributed by atoms with Gasteiger partial charge in [0, 0.05) is 19.3 Å². The molecular formula is C65H104O6. The Morgan fingerprint density at radius 2 is 0.549 bits per heavy atom. The maximum absolute atomic E-state index is 12.8. The Balaban J connectivity index is 4.19. The zero-order valence-electron chi connectivity index (χ0n) is 45.7. The van der Waals surface area contributed by atoms with Crippen molar-refractivity contribution in [2.24, 2.45) is 0 Å². The van der Waals surface area contributed by atoms with Gasteiger partial charge in [-0.05, 0) is 116 Å². The van der Waals surface area contributed by atoms with Crippen molar-refractivity contribution < 1.29 is 28.6 Å². The minimum atomic E-state index is -0.803. The van der Waals surface area contributed by atoms with Gasteiger partial charge in [-0.3, -0.25) is 14.4 Å². The molecule has 0 saturated carbocycles. The van der Waals surface area contributed by atoms with Crippen molar-refractivity contribution in [1.29, 1.82) is 0 Å². The van der Waals surface area contributed by atoms with E-state index < -0.39 is 6.10 Å². The van der Waals surface area contributed by atoms with Crippen LogP contribution < -0.4 is 0 Å². The van der Waals surface area contributed by atoms with Gasteiger partial charge >= 0.3 is 17.9 Å². The van der Waals surface area contributed by atoms with Gasteiger partial charge in [0.2, 0.25) is 0 Å². The van der Waals surface area contributed by atoms with E-state index in [1.54, 1.807) is 0 Å². The summed E-state index contributed by atoms with van der Waals surface area (Å²) in [5.74, 6) is -0.960. The maximum Gasteiger partial charge on any atom is 0.306 e. The molecule has 0 bridgehead atoms. The molecule has 0 radical (unpaired) electrons. The van der Waals surface area contributed by atoms with Crippen LogP contribution in [0.5, 0.6) is 0 Å². The minimum Gasteiger partial charge on any atom is -0.462 e. The lowest BCUT2D eigenvalue weighted by Gasteiger charge is -2.18. The van der Waals surface area contributed by atoms with E-state index in [9.17, 15) is 14.4 Å². The minimum absolute atomic E-state index is 0.0991. The summed E-state index contributed by atoms with van der Waals surface area (Å²) in [7, 11) is 0. The molecular weight excluding hydrogens is 877 g/mol. The molecule has 6 heteroatoms. The summed E-state index contributed by atoms with van der Waals surface area (Å²) in [5.41, 5.74) is 0. The Bertz CT molecular complexity index is 1550. The molecule has 0 amide bonds. The van der Waals surface area contributed by atoms with Gasteiger partial charge in [-0.2, -0.15) is 0 Å². The summed E-state index contributed by atoms with van der Waals surface area (Å²) in [5, 5.41) is 0. The van der Waals surface area contributed by atoms with E-state index in [0.29, 0.717) is 19.3 Å². The van der Waals surface area contributed by atoms with Crippen LogP contribution in [0, 0.1) is 0 Å². The molecule has 400 valence electrons. The number of hydrogen-bond acceptors (Lipinski definition) is 6. The molecule has 0 N–H and O–H groups in total. The SMILES string of the molecule is CC/C=C\C/C=C\C/C=C\C/C=C\C/C=C\C/C=C\C/C=C\CCCCCCCCCCCC(=O)OCC(COC(=O)CCCCCCCCC)OC(=O)CCCC/C=C\C/C=C\C/C=C\C/C=C\CC. The summed E-state index contributed by atoms with van der Waals surface area (Å²) in [6.45, 7) is 6.31. The zero-order valence-corrected chi connectivity index (χ0v) is 45.7. The van der Waals surface area contributed by atoms with Crippen LogP contribution in [0.2, 0.25) is 0 Å². The third-order valence-corrected chi connectivity index (χ3v) is 11.7. The van der Waals surface area contributed by atoms with Gasteiger partial charge in [-0.15, -0.1) is 0 Å². The lowest BCUT2D eigenvalue weighted by atomic mass is 10.1. The average molecular weight is 982 g/mol. The third-order valence-electron chi connectivity index (χ3n) is 11.7. The largest absolute Gasteiger partial charge is 0.462 e. The Kier molecular flexibility index (Phi) is 54.5. The van der Waals surface area contributed by atoms with Crippen LogP contribution in [0.25, 0.3) is 0 Å². The van der Waals surface area contributed by atoms with Gasteiger partial charge in [-0.1, -0.05) is 238 Å². The second-order valence-electron chi connectivity index (χ2n) is 18.4. The zero-order chi connectivity index (χ0) is 51.4. The number of unbranched alkanes of at least 4 members (excludes halogenated alkanes) is 17. The molecule has 0 aromatic carbocycles. The standard InChI is InChI=1S/C65H104O6/c1-4-7-10-13-16-18-20-22-24-25-26-27-28-29-30-31-32-33-34-35-36-37-38-39-41-42-44-46-49-52-55-58-64(67)70-61-62(60-69-63(66)57-54-51-48-15-12-9-6-3)71-65(68)59-56-53-50-47-45-43-40-23-21-19-17-14-11-8-5-2/h7-8,10-11,16-19,22-24,26-27,29-30,32-33,35-36,40,45,47,62H,4-6,9,12-15,20-21,25,28,31,34,37-39,41-44,46,48-61H2,1-3H3/b10-7-,11-8-,18-16-,19-17-,24-22-,27-26-,30-29-,33-32-,36-35-,40-23-,47-45-. The van der Waals surface area contributed by atoms with Gasteiger partial charge in [0.05, 0.1) is 0 Å². The van der Waals surface area contributed by atoms with Crippen molar-refractivity contribution in [1.82, 2.24) is 0 Å². The first-order chi connectivity index (χ1) is 35.0. The Morgan fingerprint density at radius 1 is 0.296 bits per heavy atom. The topological polar surface area (TPSA) is 78.9 Å². The fourth-order valence-corrected chi connectivity index (χ4v) is 7.41. The molecule has 0 saturated heterocycles. The molecule has 0 rings (SSSR count). The van der Waals surface area contributed by atoms with Crippen LogP contribution in [0.1, 0.15) is 239 Å². The van der Waals surface area contributed by atoms with E-state index in [1.807, 2.05) is 0 Å². The first-order valence-corrected chi connectivity index (χ1v) is 28.7. The van der Waals surface area contributed by atoms with Crippen molar-refractivity contribution in [2.75, 3.05) is 13.2 Å². The lowest BCUT2D eigenvalue weighted by molar-refractivity contribution is -0.167. The fourth-order valence-electron chi connectivity index (χ4n) is 7.41. The van der Waals surface area contributed by atoms with E-state index in [-0.39, 0.29) is 37.5 Å². The average Bonchev–Trinajstić information content (AvgIpc) is 3.37. The number of hydrogen-bond donors (Lipinski definition) is 0. The van der Waals surface area contributed by atoms with Crippen molar-refractivity contribution in [3.8, 4) is 0 Å². The summed E-state index contributed by atoms with van der Waals surface area (Å²) in [4.78, 5) is 37.9. The van der Waals surface area contributed by atoms with Gasteiger partial charge < -0.3 is 14.2 Å². The number of esters is 3. The first kappa shape index (κ1) is 66.6. The highest BCUT2D eigenvalue weighted by atomic mass is 16.6. The van der Waals surface area contributed by atoms with Gasteiger partial charge in [0.1, 0.15) is 13.2 Å². The second kappa shape index (κ2) is 58.1. The number of rotatable bonds is 50. The second-order valence-corrected chi connectivity index (χ2v) is 18.4. The number of carbonyl (C=O) groups is 3. The van der Waals surface area contributed by atoms with E-state index in [1.165, 1.54) is 64.2 Å². The maximum atomic E-state index is 12.8. The van der Waals surface area contributed by atoms with E-state index in [4.69, 9.17) is 14.2 Å². The first-order valence-electron chi connectivity index (χ1n) is 28.7. The quantitative estimate of drug-likeness (QED) is 0.0262. The third kappa shape index (κ3) is 56.3. The summed E-state index contributed by atoms with van der Waals surface area (Å²) in [6, 6.07) is 0. The van der Waals surface area contributed by atoms with Gasteiger partial charge in [0.15, 0.2) is 6.10 Å². The molecule has 0 spiro atoms. The molecule has 6 nitrogen and oxygen atoms in total. The molecule has 0 aliphatic heterocycles. The summed E-state index contributed by atoms with van der Waals surface area (Å²) < 4.78 is 16.7. The van der Waals surface area contributed by atoms with E-state index >= 15 is 0 Å². The number of carbonyl (C=O) groups excluding carboxylic acids is 3. The highest BCUT2D eigenvalue weighted by molar-refractivity contribution is 5.71. The Labute approximate surface area is 436 Å². The highest BCUT2D eigenvalue weighted by Gasteiger charge is 2.19. The molecule has 0 aliphatic carbocycles. The molecule has 0 heterocycles. The molecule has 1 atom stereocenters. The summed E-state index contributed by atoms with van der Waals surface area (Å²) >= 11 is 0. The predicted octanol–water partition coefficient (Wildman–Crippen LogP) is 19.4. The lowest BCUT2D eigenvalue weighted by Crippen LogP contribution is -2.30. The molecule has 71 heavy (non-hydrogen) atoms. The van der Waals surface area contributed by atoms with Crippen LogP contribution in [0.15, 0.2) is 134 Å².